The first-order chi connectivity index (χ1) is 10.4. The van der Waals surface area contributed by atoms with E-state index in [2.05, 4.69) is 72.3 Å². The fraction of sp³-hybridized carbons (Fsp3) is 0.300. The molecule has 0 N–H and O–H groups in total. The summed E-state index contributed by atoms with van der Waals surface area (Å²) >= 11 is 0. The van der Waals surface area contributed by atoms with Crippen molar-refractivity contribution in [2.45, 2.75) is 39.2 Å². The number of hydrogen-bond donors (Lipinski definition) is 0. The first-order valence-corrected chi connectivity index (χ1v) is 7.99. The van der Waals surface area contributed by atoms with Crippen LogP contribution in [0.5, 0.6) is 0 Å². The van der Waals surface area contributed by atoms with E-state index in [9.17, 15) is 0 Å². The van der Waals surface area contributed by atoms with Crippen molar-refractivity contribution in [3.05, 3.63) is 71.9 Å². The molecule has 0 atom stereocenters. The van der Waals surface area contributed by atoms with Gasteiger partial charge < -0.3 is 4.57 Å². The first-order valence-electron chi connectivity index (χ1n) is 7.99. The van der Waals surface area contributed by atoms with E-state index in [1.54, 1.807) is 0 Å². The minimum atomic E-state index is 1.11. The summed E-state index contributed by atoms with van der Waals surface area (Å²) in [5.41, 5.74) is 4.28. The van der Waals surface area contributed by atoms with Crippen LogP contribution in [-0.4, -0.2) is 4.57 Å². The zero-order valence-electron chi connectivity index (χ0n) is 12.8. The molecular formula is C20H23N. The van der Waals surface area contributed by atoms with Crippen LogP contribution in [0.15, 0.2) is 60.8 Å². The highest BCUT2D eigenvalue weighted by molar-refractivity contribution is 5.84. The number of rotatable bonds is 6. The van der Waals surface area contributed by atoms with Crippen LogP contribution in [0.2, 0.25) is 0 Å². The summed E-state index contributed by atoms with van der Waals surface area (Å²) in [6, 6.07) is 19.6. The van der Waals surface area contributed by atoms with E-state index < -0.39 is 0 Å². The zero-order chi connectivity index (χ0) is 14.5. The van der Waals surface area contributed by atoms with Crippen LogP contribution in [0.3, 0.4) is 0 Å². The standard InChI is InChI=1S/C20H23N/c1-2-3-15-21-16-18(19-11-7-8-12-20(19)21)14-13-17-9-5-4-6-10-17/h4-12,16H,2-3,13-15H2,1H3. The molecule has 0 unspecified atom stereocenters. The first kappa shape index (κ1) is 13.9. The van der Waals surface area contributed by atoms with Crippen LogP contribution in [0.1, 0.15) is 30.9 Å². The Bertz CT molecular complexity index is 694. The summed E-state index contributed by atoms with van der Waals surface area (Å²) in [6.45, 7) is 3.38. The number of aryl methyl sites for hydroxylation is 3. The lowest BCUT2D eigenvalue weighted by molar-refractivity contribution is 0.648. The topological polar surface area (TPSA) is 4.93 Å². The van der Waals surface area contributed by atoms with Gasteiger partial charge in [0.05, 0.1) is 0 Å². The molecule has 0 bridgehead atoms. The van der Waals surface area contributed by atoms with Crippen LogP contribution in [-0.2, 0) is 19.4 Å². The molecule has 1 heterocycles. The van der Waals surface area contributed by atoms with E-state index >= 15 is 0 Å². The van der Waals surface area contributed by atoms with Gasteiger partial charge in [-0.3, -0.25) is 0 Å². The maximum absolute atomic E-state index is 2.43. The highest BCUT2D eigenvalue weighted by Gasteiger charge is 2.07. The van der Waals surface area contributed by atoms with Gasteiger partial charge in [0, 0.05) is 23.6 Å². The maximum Gasteiger partial charge on any atom is 0.0483 e. The van der Waals surface area contributed by atoms with Gasteiger partial charge in [0.15, 0.2) is 0 Å². The molecule has 0 fully saturated rings. The number of nitrogens with zero attached hydrogens (tertiary/aromatic N) is 1. The van der Waals surface area contributed by atoms with Gasteiger partial charge in [-0.05, 0) is 36.5 Å². The monoisotopic (exact) mass is 277 g/mol. The Hall–Kier alpha value is -2.02. The molecule has 0 spiro atoms. The van der Waals surface area contributed by atoms with Gasteiger partial charge in [-0.15, -0.1) is 0 Å². The number of benzene rings is 2. The fourth-order valence-electron chi connectivity index (χ4n) is 2.96. The van der Waals surface area contributed by atoms with Gasteiger partial charge >= 0.3 is 0 Å². The van der Waals surface area contributed by atoms with Crippen LogP contribution >= 0.6 is 0 Å². The number of para-hydroxylation sites is 1. The fourth-order valence-corrected chi connectivity index (χ4v) is 2.96. The average Bonchev–Trinajstić information content (AvgIpc) is 2.90. The van der Waals surface area contributed by atoms with Crippen molar-refractivity contribution in [1.82, 2.24) is 4.57 Å². The number of hydrogen-bond acceptors (Lipinski definition) is 0. The molecule has 0 amide bonds. The third-order valence-corrected chi connectivity index (χ3v) is 4.15. The molecule has 0 aliphatic rings. The lowest BCUT2D eigenvalue weighted by Crippen LogP contribution is -1.95. The summed E-state index contributed by atoms with van der Waals surface area (Å²) in [5.74, 6) is 0. The minimum absolute atomic E-state index is 1.11. The van der Waals surface area contributed by atoms with Crippen LogP contribution in [0.25, 0.3) is 10.9 Å². The SMILES string of the molecule is CCCCn1cc(CCc2ccccc2)c2ccccc21. The summed E-state index contributed by atoms with van der Waals surface area (Å²) < 4.78 is 2.43. The van der Waals surface area contributed by atoms with Gasteiger partial charge in [0.25, 0.3) is 0 Å². The van der Waals surface area contributed by atoms with Crippen molar-refractivity contribution in [1.29, 1.82) is 0 Å². The van der Waals surface area contributed by atoms with Gasteiger partial charge in [-0.2, -0.15) is 0 Å². The highest BCUT2D eigenvalue weighted by Crippen LogP contribution is 2.23. The predicted molar refractivity (Wildman–Crippen MR) is 90.7 cm³/mol. The molecule has 1 heteroatoms. The Morgan fingerprint density at radius 2 is 1.62 bits per heavy atom. The summed E-state index contributed by atoms with van der Waals surface area (Å²) in [5, 5.41) is 1.42. The Kier molecular flexibility index (Phi) is 4.40. The van der Waals surface area contributed by atoms with Crippen molar-refractivity contribution in [2.24, 2.45) is 0 Å². The quantitative estimate of drug-likeness (QED) is 0.581. The molecule has 1 aromatic heterocycles. The lowest BCUT2D eigenvalue weighted by atomic mass is 10.0. The number of unbranched alkanes of at least 4 members (excludes halogenated alkanes) is 1. The molecular weight excluding hydrogens is 254 g/mol. The molecule has 1 nitrogen and oxygen atoms in total. The van der Waals surface area contributed by atoms with Crippen LogP contribution in [0.4, 0.5) is 0 Å². The van der Waals surface area contributed by atoms with E-state index in [0.29, 0.717) is 0 Å². The van der Waals surface area contributed by atoms with Crippen molar-refractivity contribution in [3.63, 3.8) is 0 Å². The van der Waals surface area contributed by atoms with E-state index in [-0.39, 0.29) is 0 Å². The van der Waals surface area contributed by atoms with E-state index in [1.165, 1.54) is 34.9 Å². The second kappa shape index (κ2) is 6.62. The van der Waals surface area contributed by atoms with Crippen molar-refractivity contribution in [2.75, 3.05) is 0 Å². The zero-order valence-corrected chi connectivity index (χ0v) is 12.8. The predicted octanol–water partition coefficient (Wildman–Crippen LogP) is 5.23. The molecule has 21 heavy (non-hydrogen) atoms. The minimum Gasteiger partial charge on any atom is -0.347 e. The third kappa shape index (κ3) is 3.18. The molecule has 3 aromatic rings. The summed E-state index contributed by atoms with van der Waals surface area (Å²) in [6.07, 6.45) is 7.08. The smallest absolute Gasteiger partial charge is 0.0483 e. The van der Waals surface area contributed by atoms with Gasteiger partial charge in [0.2, 0.25) is 0 Å². The normalized spacial score (nSPS) is 11.1. The van der Waals surface area contributed by atoms with Crippen molar-refractivity contribution < 1.29 is 0 Å². The van der Waals surface area contributed by atoms with E-state index in [0.717, 1.165) is 19.4 Å². The Morgan fingerprint density at radius 3 is 2.43 bits per heavy atom. The molecule has 0 saturated carbocycles. The molecule has 2 aromatic carbocycles. The lowest BCUT2D eigenvalue weighted by Gasteiger charge is -2.02. The number of fused-ring (bicyclic) bond motifs is 1. The van der Waals surface area contributed by atoms with E-state index in [1.807, 2.05) is 0 Å². The summed E-state index contributed by atoms with van der Waals surface area (Å²) in [7, 11) is 0. The Balaban J connectivity index is 1.84. The molecule has 108 valence electrons. The van der Waals surface area contributed by atoms with Crippen LogP contribution in [0, 0.1) is 0 Å². The summed E-state index contributed by atoms with van der Waals surface area (Å²) in [4.78, 5) is 0. The molecule has 0 radical (unpaired) electrons. The number of aromatic nitrogens is 1. The third-order valence-electron chi connectivity index (χ3n) is 4.15. The molecule has 3 rings (SSSR count). The van der Waals surface area contributed by atoms with Crippen molar-refractivity contribution >= 4 is 10.9 Å². The molecule has 0 aliphatic carbocycles. The second-order valence-corrected chi connectivity index (χ2v) is 5.70. The Morgan fingerprint density at radius 1 is 0.857 bits per heavy atom. The van der Waals surface area contributed by atoms with Crippen molar-refractivity contribution in [3.8, 4) is 0 Å². The van der Waals surface area contributed by atoms with Gasteiger partial charge in [-0.25, -0.2) is 0 Å². The second-order valence-electron chi connectivity index (χ2n) is 5.70. The van der Waals surface area contributed by atoms with Crippen LogP contribution < -0.4 is 0 Å². The maximum atomic E-state index is 2.43. The highest BCUT2D eigenvalue weighted by atomic mass is 15.0. The average molecular weight is 277 g/mol. The molecule has 0 saturated heterocycles. The van der Waals surface area contributed by atoms with E-state index in [4.69, 9.17) is 0 Å². The van der Waals surface area contributed by atoms with Gasteiger partial charge in [0.1, 0.15) is 0 Å². The molecule has 0 aliphatic heterocycles. The van der Waals surface area contributed by atoms with Gasteiger partial charge in [-0.1, -0.05) is 61.9 Å². The Labute approximate surface area is 127 Å². The largest absolute Gasteiger partial charge is 0.347 e.